The second kappa shape index (κ2) is 10.1. The van der Waals surface area contributed by atoms with Crippen molar-refractivity contribution in [3.05, 3.63) is 167 Å². The third kappa shape index (κ3) is 3.47. The van der Waals surface area contributed by atoms with Crippen molar-refractivity contribution in [3.8, 4) is 33.4 Å². The van der Waals surface area contributed by atoms with Gasteiger partial charge in [-0.25, -0.2) is 0 Å². The van der Waals surface area contributed by atoms with Gasteiger partial charge in [0.05, 0.1) is 11.0 Å². The average molecular weight is 620 g/mol. The summed E-state index contributed by atoms with van der Waals surface area (Å²) in [6.07, 6.45) is 7.69. The maximum atomic E-state index is 2.70. The highest BCUT2D eigenvalue weighted by Crippen LogP contribution is 2.64. The lowest BCUT2D eigenvalue weighted by molar-refractivity contribution is 0.218. The first kappa shape index (κ1) is 28.2. The lowest BCUT2D eigenvalue weighted by Crippen LogP contribution is -2.53. The van der Waals surface area contributed by atoms with Crippen LogP contribution >= 0.6 is 0 Å². The lowest BCUT2D eigenvalue weighted by atomic mass is 9.63. The van der Waals surface area contributed by atoms with Gasteiger partial charge in [0.15, 0.2) is 0 Å². The minimum absolute atomic E-state index is 0.0300. The van der Waals surface area contributed by atoms with Crippen molar-refractivity contribution in [1.29, 1.82) is 0 Å². The Morgan fingerprint density at radius 3 is 1.62 bits per heavy atom. The van der Waals surface area contributed by atoms with Crippen molar-refractivity contribution in [1.82, 2.24) is 0 Å². The van der Waals surface area contributed by atoms with Crippen molar-refractivity contribution in [2.45, 2.75) is 68.7 Å². The van der Waals surface area contributed by atoms with Crippen molar-refractivity contribution >= 4 is 11.4 Å². The number of nitrogens with zero attached hydrogens (tertiary/aromatic N) is 1. The molecule has 0 radical (unpaired) electrons. The summed E-state index contributed by atoms with van der Waals surface area (Å²) in [7, 11) is 0. The molecule has 1 spiro atoms. The Balaban J connectivity index is 1.17. The molecule has 0 saturated heterocycles. The molecule has 0 amide bonds. The third-order valence-corrected chi connectivity index (χ3v) is 12.9. The molecule has 10 rings (SSSR count). The van der Waals surface area contributed by atoms with Gasteiger partial charge < -0.3 is 4.90 Å². The fourth-order valence-corrected chi connectivity index (χ4v) is 10.5. The Morgan fingerprint density at radius 2 is 0.958 bits per heavy atom. The predicted molar refractivity (Wildman–Crippen MR) is 200 cm³/mol. The van der Waals surface area contributed by atoms with Crippen LogP contribution < -0.4 is 4.90 Å². The van der Waals surface area contributed by atoms with Crippen LogP contribution in [0.15, 0.2) is 140 Å². The molecule has 0 bridgehead atoms. The molecule has 6 aromatic carbocycles. The molecule has 1 heterocycles. The van der Waals surface area contributed by atoms with Gasteiger partial charge in [-0.1, -0.05) is 142 Å². The molecular formula is C47H41N. The predicted octanol–water partition coefficient (Wildman–Crippen LogP) is 12.2. The van der Waals surface area contributed by atoms with Crippen LogP contribution in [0.25, 0.3) is 33.4 Å². The second-order valence-electron chi connectivity index (χ2n) is 15.1. The molecule has 1 fully saturated rings. The maximum Gasteiger partial charge on any atom is 0.0725 e. The summed E-state index contributed by atoms with van der Waals surface area (Å²) < 4.78 is 0. The van der Waals surface area contributed by atoms with Crippen LogP contribution in [0.3, 0.4) is 0 Å². The van der Waals surface area contributed by atoms with E-state index in [2.05, 4.69) is 158 Å². The van der Waals surface area contributed by atoms with Gasteiger partial charge in [-0.2, -0.15) is 0 Å². The molecule has 2 atom stereocenters. The molecular weight excluding hydrogens is 579 g/mol. The number of benzene rings is 6. The lowest BCUT2D eigenvalue weighted by Gasteiger charge is -2.48. The van der Waals surface area contributed by atoms with E-state index in [1.54, 1.807) is 0 Å². The number of hydrogen-bond donors (Lipinski definition) is 0. The van der Waals surface area contributed by atoms with Crippen LogP contribution in [0.2, 0.25) is 0 Å². The molecule has 0 aromatic heterocycles. The van der Waals surface area contributed by atoms with Crippen LogP contribution in [-0.2, 0) is 10.8 Å². The summed E-state index contributed by atoms with van der Waals surface area (Å²) in [5.74, 6) is 0. The molecule has 2 unspecified atom stereocenters. The Kier molecular flexibility index (Phi) is 5.90. The van der Waals surface area contributed by atoms with Crippen molar-refractivity contribution in [2.75, 3.05) is 4.90 Å². The van der Waals surface area contributed by atoms with E-state index in [0.717, 1.165) is 0 Å². The number of hydrogen-bond acceptors (Lipinski definition) is 1. The molecule has 234 valence electrons. The maximum absolute atomic E-state index is 2.70. The summed E-state index contributed by atoms with van der Waals surface area (Å²) >= 11 is 0. The monoisotopic (exact) mass is 619 g/mol. The summed E-state index contributed by atoms with van der Waals surface area (Å²) in [6, 6.07) is 53.2. The highest BCUT2D eigenvalue weighted by atomic mass is 15.2. The van der Waals surface area contributed by atoms with Crippen LogP contribution in [0.5, 0.6) is 0 Å². The van der Waals surface area contributed by atoms with E-state index in [9.17, 15) is 0 Å². The van der Waals surface area contributed by atoms with Gasteiger partial charge in [0, 0.05) is 16.8 Å². The Hall–Kier alpha value is -4.88. The van der Waals surface area contributed by atoms with E-state index in [1.165, 1.54) is 111 Å². The molecule has 6 aromatic rings. The molecule has 48 heavy (non-hydrogen) atoms. The zero-order chi connectivity index (χ0) is 32.1. The quantitative estimate of drug-likeness (QED) is 0.186. The van der Waals surface area contributed by atoms with Gasteiger partial charge in [0.2, 0.25) is 0 Å². The second-order valence-corrected chi connectivity index (χ2v) is 15.1. The number of anilines is 2. The number of para-hydroxylation sites is 1. The van der Waals surface area contributed by atoms with Gasteiger partial charge in [-0.15, -0.1) is 0 Å². The van der Waals surface area contributed by atoms with Crippen molar-refractivity contribution in [3.63, 3.8) is 0 Å². The number of rotatable bonds is 2. The van der Waals surface area contributed by atoms with E-state index >= 15 is 0 Å². The first-order valence-electron chi connectivity index (χ1n) is 18.0. The van der Waals surface area contributed by atoms with Gasteiger partial charge in [0.1, 0.15) is 0 Å². The Labute approximate surface area is 284 Å². The van der Waals surface area contributed by atoms with E-state index in [-0.39, 0.29) is 16.4 Å². The fourth-order valence-electron chi connectivity index (χ4n) is 10.5. The highest BCUT2D eigenvalue weighted by molar-refractivity contribution is 5.96. The minimum Gasteiger partial charge on any atom is -0.334 e. The molecule has 0 N–H and O–H groups in total. The molecule has 1 saturated carbocycles. The molecule has 4 aliphatic rings. The highest BCUT2D eigenvalue weighted by Gasteiger charge is 2.56. The summed E-state index contributed by atoms with van der Waals surface area (Å²) in [4.78, 5) is 2.70. The SMILES string of the molecule is CC12CCCCCCC1(C)N(c1ccccc1)c1ccc(-c3ccc4c(c3)-c3ccccc3C43c4ccccc4-c4ccccc43)cc12. The number of fused-ring (bicyclic) bond motifs is 13. The van der Waals surface area contributed by atoms with Gasteiger partial charge in [0.25, 0.3) is 0 Å². The smallest absolute Gasteiger partial charge is 0.0725 e. The van der Waals surface area contributed by atoms with E-state index < -0.39 is 0 Å². The van der Waals surface area contributed by atoms with E-state index in [1.807, 2.05) is 0 Å². The topological polar surface area (TPSA) is 3.24 Å². The fraction of sp³-hybridized carbons (Fsp3) is 0.234. The normalized spacial score (nSPS) is 22.6. The van der Waals surface area contributed by atoms with E-state index in [0.29, 0.717) is 0 Å². The summed E-state index contributed by atoms with van der Waals surface area (Å²) in [6.45, 7) is 5.12. The molecule has 1 nitrogen and oxygen atoms in total. The minimum atomic E-state index is -0.292. The first-order valence-corrected chi connectivity index (χ1v) is 18.0. The Morgan fingerprint density at radius 1 is 0.438 bits per heavy atom. The standard InChI is InChI=1S/C47H41N/c1-45-28-14-3-4-15-29-46(45,2)48(34-16-6-5-7-17-34)44-27-25-33(31-43(44)45)32-24-26-42-38(30-32)37-20-10-13-23-41(37)47(42)39-21-11-8-18-35(39)36-19-9-12-22-40(36)47/h5-13,16-27,30-31H,3-4,14-15,28-29H2,1-2H3. The van der Waals surface area contributed by atoms with Gasteiger partial charge >= 0.3 is 0 Å². The van der Waals surface area contributed by atoms with Crippen LogP contribution in [0.4, 0.5) is 11.4 Å². The van der Waals surface area contributed by atoms with Crippen molar-refractivity contribution in [2.24, 2.45) is 0 Å². The zero-order valence-electron chi connectivity index (χ0n) is 28.0. The zero-order valence-corrected chi connectivity index (χ0v) is 28.0. The third-order valence-electron chi connectivity index (χ3n) is 12.9. The average Bonchev–Trinajstić information content (AvgIpc) is 3.66. The van der Waals surface area contributed by atoms with Gasteiger partial charge in [-0.3, -0.25) is 0 Å². The molecule has 1 heteroatoms. The largest absolute Gasteiger partial charge is 0.334 e. The van der Waals surface area contributed by atoms with Crippen molar-refractivity contribution < 1.29 is 0 Å². The summed E-state index contributed by atoms with van der Waals surface area (Å²) in [5.41, 5.74) is 17.7. The molecule has 3 aliphatic carbocycles. The Bertz CT molecular complexity index is 2200. The van der Waals surface area contributed by atoms with Crippen LogP contribution in [0, 0.1) is 0 Å². The first-order chi connectivity index (χ1) is 23.6. The van der Waals surface area contributed by atoms with E-state index in [4.69, 9.17) is 0 Å². The molecule has 1 aliphatic heterocycles. The van der Waals surface area contributed by atoms with Crippen LogP contribution in [-0.4, -0.2) is 5.54 Å². The summed E-state index contributed by atoms with van der Waals surface area (Å²) in [5, 5.41) is 0. The van der Waals surface area contributed by atoms with Crippen LogP contribution in [0.1, 0.15) is 80.2 Å². The van der Waals surface area contributed by atoms with Gasteiger partial charge in [-0.05, 0) is 111 Å².